The Bertz CT molecular complexity index is 907. The van der Waals surface area contributed by atoms with Gasteiger partial charge in [-0.2, -0.15) is 0 Å². The van der Waals surface area contributed by atoms with Gasteiger partial charge in [-0.3, -0.25) is 4.79 Å². The van der Waals surface area contributed by atoms with Crippen molar-refractivity contribution in [3.8, 4) is 16.3 Å². The molecule has 0 unspecified atom stereocenters. The number of hydrogen-bond donors (Lipinski definition) is 1. The first kappa shape index (κ1) is 19.4. The molecule has 1 heterocycles. The van der Waals surface area contributed by atoms with Crippen LogP contribution < -0.4 is 10.1 Å². The third-order valence-corrected chi connectivity index (χ3v) is 4.95. The van der Waals surface area contributed by atoms with E-state index < -0.39 is 0 Å². The van der Waals surface area contributed by atoms with Gasteiger partial charge in [0.15, 0.2) is 0 Å². The molecule has 0 atom stereocenters. The Balaban J connectivity index is 1.66. The number of benzene rings is 2. The van der Waals surface area contributed by atoms with Gasteiger partial charge in [-0.25, -0.2) is 4.98 Å². The van der Waals surface area contributed by atoms with E-state index in [4.69, 9.17) is 16.3 Å². The lowest BCUT2D eigenvalue weighted by Crippen LogP contribution is -2.27. The van der Waals surface area contributed by atoms with Crippen LogP contribution in [0.5, 0.6) is 5.75 Å². The zero-order valence-corrected chi connectivity index (χ0v) is 16.8. The first-order valence-corrected chi connectivity index (χ1v) is 9.98. The molecule has 2 aromatic carbocycles. The van der Waals surface area contributed by atoms with Crippen LogP contribution in [0.1, 0.15) is 29.9 Å². The maximum atomic E-state index is 12.1. The molecule has 0 aliphatic carbocycles. The van der Waals surface area contributed by atoms with Crippen molar-refractivity contribution >= 4 is 28.8 Å². The summed E-state index contributed by atoms with van der Waals surface area (Å²) in [6.07, 6.45) is 0. The maximum absolute atomic E-state index is 12.1. The fourth-order valence-electron chi connectivity index (χ4n) is 2.36. The quantitative estimate of drug-likeness (QED) is 0.575. The number of ether oxygens (including phenoxy) is 1. The van der Waals surface area contributed by atoms with Crippen LogP contribution in [0.2, 0.25) is 5.02 Å². The van der Waals surface area contributed by atoms with Gasteiger partial charge in [-0.05, 0) is 35.7 Å². The molecule has 0 aliphatic rings. The molecule has 1 aromatic heterocycles. The highest BCUT2D eigenvalue weighted by atomic mass is 35.5. The van der Waals surface area contributed by atoms with Gasteiger partial charge >= 0.3 is 0 Å². The van der Waals surface area contributed by atoms with Gasteiger partial charge < -0.3 is 10.1 Å². The van der Waals surface area contributed by atoms with Gasteiger partial charge in [0, 0.05) is 22.5 Å². The number of amides is 1. The Morgan fingerprint density at radius 3 is 2.74 bits per heavy atom. The Morgan fingerprint density at radius 2 is 2.00 bits per heavy atom. The van der Waals surface area contributed by atoms with E-state index in [0.29, 0.717) is 29.8 Å². The zero-order chi connectivity index (χ0) is 19.2. The predicted octanol–water partition coefficient (Wildman–Crippen LogP) is 5.43. The van der Waals surface area contributed by atoms with Gasteiger partial charge in [0.1, 0.15) is 23.1 Å². The van der Waals surface area contributed by atoms with Crippen LogP contribution in [-0.4, -0.2) is 17.4 Å². The number of nitrogens with zero attached hydrogens (tertiary/aromatic N) is 1. The fraction of sp³-hybridized carbons (Fsp3) is 0.238. The maximum Gasteiger partial charge on any atom is 0.270 e. The van der Waals surface area contributed by atoms with E-state index in [1.54, 1.807) is 5.38 Å². The van der Waals surface area contributed by atoms with Crippen LogP contribution in [-0.2, 0) is 6.61 Å². The monoisotopic (exact) mass is 400 g/mol. The number of thiazole rings is 1. The molecule has 1 amide bonds. The highest BCUT2D eigenvalue weighted by Crippen LogP contribution is 2.27. The number of carbonyl (C=O) groups excluding carboxylic acids is 1. The van der Waals surface area contributed by atoms with Crippen molar-refractivity contribution < 1.29 is 9.53 Å². The van der Waals surface area contributed by atoms with E-state index in [-0.39, 0.29) is 5.91 Å². The molecular formula is C21H21ClN2O2S. The van der Waals surface area contributed by atoms with Gasteiger partial charge in [-0.15, -0.1) is 11.3 Å². The molecule has 0 radical (unpaired) electrons. The van der Waals surface area contributed by atoms with Gasteiger partial charge in [-0.1, -0.05) is 49.7 Å². The Hall–Kier alpha value is -2.37. The summed E-state index contributed by atoms with van der Waals surface area (Å²) in [5.41, 5.74) is 2.42. The average Bonchev–Trinajstić information content (AvgIpc) is 3.16. The van der Waals surface area contributed by atoms with Crippen LogP contribution in [0.25, 0.3) is 10.6 Å². The van der Waals surface area contributed by atoms with Crippen molar-refractivity contribution in [1.29, 1.82) is 0 Å². The molecule has 27 heavy (non-hydrogen) atoms. The summed E-state index contributed by atoms with van der Waals surface area (Å²) in [6.45, 7) is 5.21. The highest BCUT2D eigenvalue weighted by molar-refractivity contribution is 7.13. The summed E-state index contributed by atoms with van der Waals surface area (Å²) in [5, 5.41) is 6.17. The Morgan fingerprint density at radius 1 is 1.22 bits per heavy atom. The SMILES string of the molecule is CC(C)CNC(=O)c1csc(-c2cccc(OCc3ccc(Cl)cc3)c2)n1. The van der Waals surface area contributed by atoms with Crippen molar-refractivity contribution in [2.45, 2.75) is 20.5 Å². The van der Waals surface area contributed by atoms with Crippen molar-refractivity contribution in [2.75, 3.05) is 6.54 Å². The molecular weight excluding hydrogens is 380 g/mol. The van der Waals surface area contributed by atoms with Crippen molar-refractivity contribution in [3.63, 3.8) is 0 Å². The smallest absolute Gasteiger partial charge is 0.270 e. The van der Waals surface area contributed by atoms with Crippen molar-refractivity contribution in [2.24, 2.45) is 5.92 Å². The number of rotatable bonds is 7. The van der Waals surface area contributed by atoms with E-state index in [0.717, 1.165) is 21.9 Å². The largest absolute Gasteiger partial charge is 0.489 e. The summed E-state index contributed by atoms with van der Waals surface area (Å²) >= 11 is 7.35. The number of aromatic nitrogens is 1. The first-order chi connectivity index (χ1) is 13.0. The summed E-state index contributed by atoms with van der Waals surface area (Å²) in [7, 11) is 0. The van der Waals surface area contributed by atoms with Crippen molar-refractivity contribution in [3.05, 3.63) is 70.2 Å². The summed E-state index contributed by atoms with van der Waals surface area (Å²) in [4.78, 5) is 16.6. The molecule has 4 nitrogen and oxygen atoms in total. The molecule has 1 N–H and O–H groups in total. The first-order valence-electron chi connectivity index (χ1n) is 8.72. The molecule has 3 rings (SSSR count). The van der Waals surface area contributed by atoms with E-state index >= 15 is 0 Å². The Labute approximate surface area is 168 Å². The summed E-state index contributed by atoms with van der Waals surface area (Å²) in [5.74, 6) is 1.02. The molecule has 0 bridgehead atoms. The normalized spacial score (nSPS) is 10.8. The summed E-state index contributed by atoms with van der Waals surface area (Å²) < 4.78 is 5.87. The van der Waals surface area contributed by atoms with Crippen LogP contribution in [0.4, 0.5) is 0 Å². The van der Waals surface area contributed by atoms with Crippen molar-refractivity contribution in [1.82, 2.24) is 10.3 Å². The van der Waals surface area contributed by atoms with Gasteiger partial charge in [0.05, 0.1) is 0 Å². The van der Waals surface area contributed by atoms with Crippen LogP contribution in [0.3, 0.4) is 0 Å². The van der Waals surface area contributed by atoms with Crippen LogP contribution in [0, 0.1) is 5.92 Å². The third kappa shape index (κ3) is 5.55. The lowest BCUT2D eigenvalue weighted by atomic mass is 10.2. The molecule has 3 aromatic rings. The third-order valence-electron chi connectivity index (χ3n) is 3.81. The van der Waals surface area contributed by atoms with E-state index in [9.17, 15) is 4.79 Å². The minimum absolute atomic E-state index is 0.138. The number of halogens is 1. The summed E-state index contributed by atoms with van der Waals surface area (Å²) in [6, 6.07) is 15.3. The Kier molecular flexibility index (Phi) is 6.48. The molecule has 0 aliphatic heterocycles. The number of nitrogens with one attached hydrogen (secondary N) is 1. The topological polar surface area (TPSA) is 51.2 Å². The predicted molar refractivity (Wildman–Crippen MR) is 111 cm³/mol. The van der Waals surface area contributed by atoms with E-state index in [2.05, 4.69) is 24.1 Å². The lowest BCUT2D eigenvalue weighted by Gasteiger charge is -2.07. The average molecular weight is 401 g/mol. The minimum Gasteiger partial charge on any atom is -0.489 e. The van der Waals surface area contributed by atoms with Gasteiger partial charge in [0.2, 0.25) is 0 Å². The highest BCUT2D eigenvalue weighted by Gasteiger charge is 2.12. The van der Waals surface area contributed by atoms with Gasteiger partial charge in [0.25, 0.3) is 5.91 Å². The molecule has 140 valence electrons. The second-order valence-electron chi connectivity index (χ2n) is 6.58. The van der Waals surface area contributed by atoms with Crippen LogP contribution in [0.15, 0.2) is 53.9 Å². The number of carbonyl (C=O) groups is 1. The van der Waals surface area contributed by atoms with E-state index in [1.165, 1.54) is 11.3 Å². The fourth-order valence-corrected chi connectivity index (χ4v) is 3.29. The molecule has 0 fully saturated rings. The second kappa shape index (κ2) is 9.02. The second-order valence-corrected chi connectivity index (χ2v) is 7.88. The van der Waals surface area contributed by atoms with Crippen LogP contribution >= 0.6 is 22.9 Å². The zero-order valence-electron chi connectivity index (χ0n) is 15.2. The lowest BCUT2D eigenvalue weighted by molar-refractivity contribution is 0.0945. The molecule has 0 spiro atoms. The molecule has 6 heteroatoms. The number of hydrogen-bond acceptors (Lipinski definition) is 4. The van der Waals surface area contributed by atoms with E-state index in [1.807, 2.05) is 48.5 Å². The minimum atomic E-state index is -0.138. The molecule has 0 saturated heterocycles. The molecule has 0 saturated carbocycles. The standard InChI is InChI=1S/C21H21ClN2O2S/c1-14(2)11-23-20(25)19-13-27-21(24-19)16-4-3-5-18(10-16)26-12-15-6-8-17(22)9-7-15/h3-10,13-14H,11-12H2,1-2H3,(H,23,25).